The van der Waals surface area contributed by atoms with Gasteiger partial charge in [-0.1, -0.05) is 54.9 Å². The molecule has 0 spiro atoms. The maximum Gasteiger partial charge on any atom is 0.103 e. The summed E-state index contributed by atoms with van der Waals surface area (Å²) in [6, 6.07) is 17.9. The third-order valence-corrected chi connectivity index (χ3v) is 3.41. The second kappa shape index (κ2) is 6.26. The summed E-state index contributed by atoms with van der Waals surface area (Å²) in [6.07, 6.45) is 0. The molecule has 0 aromatic heterocycles. The van der Waals surface area contributed by atoms with Crippen LogP contribution >= 0.6 is 11.6 Å². The first kappa shape index (κ1) is 13.5. The third kappa shape index (κ3) is 3.27. The molecule has 0 heterocycles. The highest BCUT2D eigenvalue weighted by Crippen LogP contribution is 2.24. The minimum atomic E-state index is 0.367. The fourth-order valence-electron chi connectivity index (χ4n) is 1.95. The summed E-state index contributed by atoms with van der Waals surface area (Å²) in [5.41, 5.74) is 2.57. The average Bonchev–Trinajstić information content (AvgIpc) is 2.45. The van der Waals surface area contributed by atoms with Crippen LogP contribution in [0.3, 0.4) is 0 Å². The number of nitriles is 1. The molecule has 0 aliphatic rings. The normalized spacial score (nSPS) is 11.6. The Morgan fingerprint density at radius 2 is 1.89 bits per heavy atom. The van der Waals surface area contributed by atoms with Gasteiger partial charge in [0.05, 0.1) is 16.3 Å². The van der Waals surface area contributed by atoms with Crippen LogP contribution in [-0.2, 0) is 0 Å². The molecule has 0 bridgehead atoms. The fraction of sp³-hybridized carbons (Fsp3) is 0.188. The van der Waals surface area contributed by atoms with E-state index in [0.717, 1.165) is 12.2 Å². The molecule has 2 nitrogen and oxygen atoms in total. The zero-order valence-electron chi connectivity index (χ0n) is 10.7. The lowest BCUT2D eigenvalue weighted by Gasteiger charge is -2.15. The summed E-state index contributed by atoms with van der Waals surface area (Å²) in [5.74, 6) is 0.367. The van der Waals surface area contributed by atoms with Crippen molar-refractivity contribution in [3.63, 3.8) is 0 Å². The van der Waals surface area contributed by atoms with Crippen LogP contribution in [0.1, 0.15) is 24.0 Å². The number of hydrogen-bond donors (Lipinski definition) is 1. The molecule has 0 saturated carbocycles. The maximum absolute atomic E-state index is 9.11. The molecule has 1 unspecified atom stereocenters. The molecular weight excluding hydrogens is 256 g/mol. The molecule has 2 rings (SSSR count). The van der Waals surface area contributed by atoms with Gasteiger partial charge in [-0.15, -0.1) is 0 Å². The van der Waals surface area contributed by atoms with E-state index in [9.17, 15) is 0 Å². The van der Waals surface area contributed by atoms with Gasteiger partial charge in [0.1, 0.15) is 6.07 Å². The Morgan fingerprint density at radius 1 is 1.16 bits per heavy atom. The van der Waals surface area contributed by atoms with E-state index in [1.54, 1.807) is 6.07 Å². The minimum absolute atomic E-state index is 0.367. The van der Waals surface area contributed by atoms with Crippen molar-refractivity contribution in [3.05, 3.63) is 64.7 Å². The van der Waals surface area contributed by atoms with E-state index in [-0.39, 0.29) is 0 Å². The predicted molar refractivity (Wildman–Crippen MR) is 79.5 cm³/mol. The second-order valence-electron chi connectivity index (χ2n) is 4.47. The Morgan fingerprint density at radius 3 is 2.58 bits per heavy atom. The fourth-order valence-corrected chi connectivity index (χ4v) is 2.16. The number of hydrogen-bond acceptors (Lipinski definition) is 2. The van der Waals surface area contributed by atoms with Crippen LogP contribution < -0.4 is 5.32 Å². The SMILES string of the molecule is CC(CNc1cccc(Cl)c1C#N)c1ccccc1. The summed E-state index contributed by atoms with van der Waals surface area (Å²) >= 11 is 6.00. The van der Waals surface area contributed by atoms with Gasteiger partial charge in [0.2, 0.25) is 0 Å². The van der Waals surface area contributed by atoms with Gasteiger partial charge in [-0.3, -0.25) is 0 Å². The number of halogens is 1. The van der Waals surface area contributed by atoms with E-state index in [2.05, 4.69) is 30.4 Å². The minimum Gasteiger partial charge on any atom is -0.383 e. The molecule has 2 aromatic rings. The van der Waals surface area contributed by atoms with E-state index in [4.69, 9.17) is 16.9 Å². The molecule has 19 heavy (non-hydrogen) atoms. The lowest BCUT2D eigenvalue weighted by atomic mass is 10.0. The van der Waals surface area contributed by atoms with Crippen LogP contribution in [0.2, 0.25) is 5.02 Å². The van der Waals surface area contributed by atoms with Crippen LogP contribution in [0.4, 0.5) is 5.69 Å². The Balaban J connectivity index is 2.08. The predicted octanol–water partition coefficient (Wildman–Crippen LogP) is 4.43. The zero-order valence-corrected chi connectivity index (χ0v) is 11.5. The van der Waals surface area contributed by atoms with Crippen LogP contribution in [0.5, 0.6) is 0 Å². The van der Waals surface area contributed by atoms with E-state index in [1.807, 2.05) is 30.3 Å². The molecule has 2 aromatic carbocycles. The van der Waals surface area contributed by atoms with Gasteiger partial charge in [0.25, 0.3) is 0 Å². The lowest BCUT2D eigenvalue weighted by Crippen LogP contribution is -2.10. The first-order chi connectivity index (χ1) is 9.22. The number of nitrogens with one attached hydrogen (secondary N) is 1. The summed E-state index contributed by atoms with van der Waals surface area (Å²) < 4.78 is 0. The summed E-state index contributed by atoms with van der Waals surface area (Å²) in [5, 5.41) is 12.9. The zero-order chi connectivity index (χ0) is 13.7. The number of rotatable bonds is 4. The molecule has 0 radical (unpaired) electrons. The first-order valence-corrected chi connectivity index (χ1v) is 6.57. The van der Waals surface area contributed by atoms with Crippen molar-refractivity contribution in [2.24, 2.45) is 0 Å². The molecule has 96 valence electrons. The molecule has 3 heteroatoms. The van der Waals surface area contributed by atoms with Crippen molar-refractivity contribution in [1.29, 1.82) is 5.26 Å². The topological polar surface area (TPSA) is 35.8 Å². The summed E-state index contributed by atoms with van der Waals surface area (Å²) in [4.78, 5) is 0. The van der Waals surface area contributed by atoms with Crippen LogP contribution in [0, 0.1) is 11.3 Å². The van der Waals surface area contributed by atoms with Crippen LogP contribution in [-0.4, -0.2) is 6.54 Å². The molecular formula is C16H15ClN2. The van der Waals surface area contributed by atoms with Gasteiger partial charge in [-0.25, -0.2) is 0 Å². The van der Waals surface area contributed by atoms with Gasteiger partial charge >= 0.3 is 0 Å². The number of benzene rings is 2. The largest absolute Gasteiger partial charge is 0.383 e. The monoisotopic (exact) mass is 270 g/mol. The highest BCUT2D eigenvalue weighted by atomic mass is 35.5. The third-order valence-electron chi connectivity index (χ3n) is 3.09. The molecule has 1 N–H and O–H groups in total. The molecule has 1 atom stereocenters. The van der Waals surface area contributed by atoms with E-state index in [1.165, 1.54) is 5.56 Å². The van der Waals surface area contributed by atoms with Gasteiger partial charge in [-0.2, -0.15) is 5.26 Å². The Hall–Kier alpha value is -1.98. The van der Waals surface area contributed by atoms with Gasteiger partial charge in [0.15, 0.2) is 0 Å². The van der Waals surface area contributed by atoms with Crippen molar-refractivity contribution in [3.8, 4) is 6.07 Å². The van der Waals surface area contributed by atoms with Crippen LogP contribution in [0.25, 0.3) is 0 Å². The number of nitrogens with zero attached hydrogens (tertiary/aromatic N) is 1. The second-order valence-corrected chi connectivity index (χ2v) is 4.87. The quantitative estimate of drug-likeness (QED) is 0.892. The highest BCUT2D eigenvalue weighted by molar-refractivity contribution is 6.32. The van der Waals surface area contributed by atoms with Gasteiger partial charge < -0.3 is 5.32 Å². The molecule has 0 aliphatic heterocycles. The van der Waals surface area contributed by atoms with Crippen molar-refractivity contribution in [1.82, 2.24) is 0 Å². The average molecular weight is 271 g/mol. The van der Waals surface area contributed by atoms with E-state index >= 15 is 0 Å². The standard InChI is InChI=1S/C16H15ClN2/c1-12(13-6-3-2-4-7-13)11-19-16-9-5-8-15(17)14(16)10-18/h2-9,12,19H,11H2,1H3. The van der Waals surface area contributed by atoms with Crippen molar-refractivity contribution in [2.45, 2.75) is 12.8 Å². The van der Waals surface area contributed by atoms with E-state index < -0.39 is 0 Å². The van der Waals surface area contributed by atoms with E-state index in [0.29, 0.717) is 16.5 Å². The molecule has 0 saturated heterocycles. The smallest absolute Gasteiger partial charge is 0.103 e. The highest BCUT2D eigenvalue weighted by Gasteiger charge is 2.08. The summed E-state index contributed by atoms with van der Waals surface area (Å²) in [6.45, 7) is 2.91. The Bertz CT molecular complexity index is 587. The van der Waals surface area contributed by atoms with Crippen molar-refractivity contribution in [2.75, 3.05) is 11.9 Å². The lowest BCUT2D eigenvalue weighted by molar-refractivity contribution is 0.805. The Labute approximate surface area is 118 Å². The molecule has 0 aliphatic carbocycles. The maximum atomic E-state index is 9.11. The summed E-state index contributed by atoms with van der Waals surface area (Å²) in [7, 11) is 0. The van der Waals surface area contributed by atoms with Crippen molar-refractivity contribution >= 4 is 17.3 Å². The first-order valence-electron chi connectivity index (χ1n) is 6.20. The van der Waals surface area contributed by atoms with Gasteiger partial charge in [0, 0.05) is 6.54 Å². The Kier molecular flexibility index (Phi) is 4.43. The van der Waals surface area contributed by atoms with Crippen LogP contribution in [0.15, 0.2) is 48.5 Å². The van der Waals surface area contributed by atoms with Gasteiger partial charge in [-0.05, 0) is 23.6 Å². The molecule has 0 fully saturated rings. The molecule has 0 amide bonds. The van der Waals surface area contributed by atoms with Crippen molar-refractivity contribution < 1.29 is 0 Å². The number of anilines is 1.